The summed E-state index contributed by atoms with van der Waals surface area (Å²) in [5.41, 5.74) is 0.746. The van der Waals surface area contributed by atoms with Gasteiger partial charge in [0.1, 0.15) is 11.1 Å². The van der Waals surface area contributed by atoms with E-state index in [1.807, 2.05) is 5.38 Å². The predicted octanol–water partition coefficient (Wildman–Crippen LogP) is 3.72. The van der Waals surface area contributed by atoms with Crippen molar-refractivity contribution in [1.29, 1.82) is 0 Å². The minimum absolute atomic E-state index is 0.0349. The van der Waals surface area contributed by atoms with Crippen LogP contribution >= 0.6 is 34.5 Å². The van der Waals surface area contributed by atoms with E-state index >= 15 is 0 Å². The van der Waals surface area contributed by atoms with Gasteiger partial charge in [0.25, 0.3) is 0 Å². The molecular weight excluding hydrogens is 355 g/mol. The number of carbonyl (C=O) groups is 1. The lowest BCUT2D eigenvalue weighted by Crippen LogP contribution is -2.40. The van der Waals surface area contributed by atoms with Crippen molar-refractivity contribution in [3.63, 3.8) is 0 Å². The smallest absolute Gasteiger partial charge is 0.227 e. The molecule has 1 aliphatic rings. The van der Waals surface area contributed by atoms with E-state index in [4.69, 9.17) is 23.2 Å². The molecule has 1 N–H and O–H groups in total. The van der Waals surface area contributed by atoms with Gasteiger partial charge in [-0.25, -0.2) is 4.98 Å². The third-order valence-corrected chi connectivity index (χ3v) is 5.48. The number of hydrogen-bond donors (Lipinski definition) is 1. The lowest BCUT2D eigenvalue weighted by atomic mass is 10.1. The van der Waals surface area contributed by atoms with Gasteiger partial charge in [-0.1, -0.05) is 29.3 Å². The van der Waals surface area contributed by atoms with Crippen molar-refractivity contribution in [1.82, 2.24) is 9.88 Å². The molecule has 4 nitrogen and oxygen atoms in total. The highest BCUT2D eigenvalue weighted by Gasteiger charge is 2.35. The average Bonchev–Trinajstić information content (AvgIpc) is 3.20. The molecule has 3 rings (SSSR count). The number of halogens is 2. The number of aliphatic hydroxyl groups excluding tert-OH is 1. The molecule has 2 heterocycles. The van der Waals surface area contributed by atoms with Crippen LogP contribution < -0.4 is 0 Å². The molecule has 1 aromatic heterocycles. The fourth-order valence-corrected chi connectivity index (χ4v) is 4.06. The molecule has 7 heteroatoms. The zero-order chi connectivity index (χ0) is 16.4. The number of rotatable bonds is 4. The summed E-state index contributed by atoms with van der Waals surface area (Å²) >= 11 is 13.4. The van der Waals surface area contributed by atoms with Crippen LogP contribution in [0, 0.1) is 0 Å². The first-order chi connectivity index (χ1) is 11.1. The molecular formula is C16H16Cl2N2O2S. The summed E-state index contributed by atoms with van der Waals surface area (Å²) < 4.78 is 0. The summed E-state index contributed by atoms with van der Waals surface area (Å²) in [7, 11) is 0. The second-order valence-corrected chi connectivity index (χ2v) is 7.29. The van der Waals surface area contributed by atoms with Gasteiger partial charge in [0, 0.05) is 28.2 Å². The monoisotopic (exact) mass is 370 g/mol. The van der Waals surface area contributed by atoms with Crippen molar-refractivity contribution in [2.75, 3.05) is 6.54 Å². The Labute approximate surface area is 148 Å². The van der Waals surface area contributed by atoms with E-state index in [0.717, 1.165) is 18.4 Å². The summed E-state index contributed by atoms with van der Waals surface area (Å²) in [6.07, 6.45) is 2.80. The van der Waals surface area contributed by atoms with Gasteiger partial charge in [-0.05, 0) is 30.5 Å². The van der Waals surface area contributed by atoms with E-state index < -0.39 is 6.10 Å². The van der Waals surface area contributed by atoms with E-state index in [1.165, 1.54) is 11.3 Å². The number of carbonyl (C=O) groups excluding carboxylic acids is 1. The van der Waals surface area contributed by atoms with Crippen LogP contribution in [0.4, 0.5) is 0 Å². The lowest BCUT2D eigenvalue weighted by Gasteiger charge is -2.28. The van der Waals surface area contributed by atoms with Crippen molar-refractivity contribution in [3.8, 4) is 0 Å². The minimum atomic E-state index is -0.734. The fraction of sp³-hybridized carbons (Fsp3) is 0.375. The quantitative estimate of drug-likeness (QED) is 0.891. The number of amides is 1. The van der Waals surface area contributed by atoms with Crippen LogP contribution in [0.5, 0.6) is 0 Å². The highest BCUT2D eigenvalue weighted by Crippen LogP contribution is 2.31. The number of aliphatic hydroxyl groups is 1. The van der Waals surface area contributed by atoms with E-state index in [2.05, 4.69) is 4.98 Å². The fourth-order valence-electron chi connectivity index (χ4n) is 2.91. The maximum absolute atomic E-state index is 12.6. The van der Waals surface area contributed by atoms with Crippen LogP contribution in [0.15, 0.2) is 29.8 Å². The van der Waals surface area contributed by atoms with Crippen molar-refractivity contribution in [2.45, 2.75) is 31.4 Å². The van der Waals surface area contributed by atoms with E-state index in [0.29, 0.717) is 21.6 Å². The number of likely N-dealkylation sites (tertiary alicyclic amines) is 1. The molecule has 1 aromatic carbocycles. The molecule has 23 heavy (non-hydrogen) atoms. The third-order valence-electron chi connectivity index (χ3n) is 4.05. The van der Waals surface area contributed by atoms with Gasteiger partial charge in [0.15, 0.2) is 0 Å². The molecule has 0 spiro atoms. The Bertz CT molecular complexity index is 693. The van der Waals surface area contributed by atoms with Crippen LogP contribution in [0.25, 0.3) is 0 Å². The number of nitrogens with zero attached hydrogens (tertiary/aromatic N) is 2. The Hall–Kier alpha value is -1.14. The lowest BCUT2D eigenvalue weighted by molar-refractivity contribution is -0.133. The molecule has 2 aromatic rings. The van der Waals surface area contributed by atoms with Gasteiger partial charge in [-0.15, -0.1) is 11.3 Å². The Balaban J connectivity index is 1.73. The van der Waals surface area contributed by atoms with Crippen LogP contribution in [0.3, 0.4) is 0 Å². The number of hydrogen-bond acceptors (Lipinski definition) is 4. The summed E-state index contributed by atoms with van der Waals surface area (Å²) in [5.74, 6) is -0.0349. The second kappa shape index (κ2) is 7.18. The summed E-state index contributed by atoms with van der Waals surface area (Å²) in [5, 5.41) is 14.0. The van der Waals surface area contributed by atoms with Gasteiger partial charge in [-0.3, -0.25) is 4.79 Å². The normalized spacial score (nSPS) is 19.1. The zero-order valence-electron chi connectivity index (χ0n) is 12.3. The zero-order valence-corrected chi connectivity index (χ0v) is 14.6. The number of benzene rings is 1. The maximum Gasteiger partial charge on any atom is 0.227 e. The Morgan fingerprint density at radius 3 is 3.00 bits per heavy atom. The van der Waals surface area contributed by atoms with E-state index in [-0.39, 0.29) is 18.4 Å². The van der Waals surface area contributed by atoms with Gasteiger partial charge < -0.3 is 10.0 Å². The van der Waals surface area contributed by atoms with Crippen LogP contribution in [-0.2, 0) is 11.2 Å². The van der Waals surface area contributed by atoms with E-state index in [9.17, 15) is 9.90 Å². The molecule has 0 bridgehead atoms. The van der Waals surface area contributed by atoms with Crippen molar-refractivity contribution in [2.24, 2.45) is 0 Å². The predicted molar refractivity (Wildman–Crippen MR) is 92.0 cm³/mol. The SMILES string of the molecule is O=C(Cc1ccc(Cl)cc1Cl)N1CCC[C@H]1[C@H](O)c1nccs1. The van der Waals surface area contributed by atoms with Crippen molar-refractivity contribution >= 4 is 40.4 Å². The Kier molecular flexibility index (Phi) is 5.21. The average molecular weight is 371 g/mol. The molecule has 0 aliphatic carbocycles. The molecule has 1 fully saturated rings. The topological polar surface area (TPSA) is 53.4 Å². The first kappa shape index (κ1) is 16.7. The van der Waals surface area contributed by atoms with Gasteiger partial charge >= 0.3 is 0 Å². The molecule has 0 unspecified atom stereocenters. The largest absolute Gasteiger partial charge is 0.384 e. The molecule has 1 amide bonds. The molecule has 2 atom stereocenters. The van der Waals surface area contributed by atoms with E-state index in [1.54, 1.807) is 29.3 Å². The minimum Gasteiger partial charge on any atom is -0.384 e. The standard InChI is InChI=1S/C16H16Cl2N2O2S/c17-11-4-3-10(12(18)9-11)8-14(21)20-6-1-2-13(20)15(22)16-19-5-7-23-16/h3-5,7,9,13,15,22H,1-2,6,8H2/t13-,15-/m0/s1. The molecule has 0 saturated carbocycles. The molecule has 0 radical (unpaired) electrons. The van der Waals surface area contributed by atoms with Crippen molar-refractivity contribution in [3.05, 3.63) is 50.4 Å². The molecule has 1 aliphatic heterocycles. The maximum atomic E-state index is 12.6. The van der Waals surface area contributed by atoms with Gasteiger partial charge in [0.05, 0.1) is 12.5 Å². The highest BCUT2D eigenvalue weighted by atomic mass is 35.5. The Morgan fingerprint density at radius 2 is 2.30 bits per heavy atom. The van der Waals surface area contributed by atoms with Crippen molar-refractivity contribution < 1.29 is 9.90 Å². The van der Waals surface area contributed by atoms with Crippen LogP contribution in [0.1, 0.15) is 29.5 Å². The first-order valence-electron chi connectivity index (χ1n) is 7.37. The summed E-state index contributed by atoms with van der Waals surface area (Å²) in [4.78, 5) is 18.5. The van der Waals surface area contributed by atoms with Crippen LogP contribution in [-0.4, -0.2) is 33.5 Å². The number of aromatic nitrogens is 1. The van der Waals surface area contributed by atoms with Crippen LogP contribution in [0.2, 0.25) is 10.0 Å². The third kappa shape index (κ3) is 3.69. The Morgan fingerprint density at radius 1 is 1.48 bits per heavy atom. The summed E-state index contributed by atoms with van der Waals surface area (Å²) in [6.45, 7) is 0.650. The van der Waals surface area contributed by atoms with Gasteiger partial charge in [0.2, 0.25) is 5.91 Å². The van der Waals surface area contributed by atoms with Gasteiger partial charge in [-0.2, -0.15) is 0 Å². The first-order valence-corrected chi connectivity index (χ1v) is 9.00. The highest BCUT2D eigenvalue weighted by molar-refractivity contribution is 7.09. The summed E-state index contributed by atoms with van der Waals surface area (Å²) in [6, 6.07) is 4.91. The molecule has 122 valence electrons. The molecule has 1 saturated heterocycles. The number of thiazole rings is 1. The second-order valence-electron chi connectivity index (χ2n) is 5.52.